The van der Waals surface area contributed by atoms with Crippen LogP contribution in [0.15, 0.2) is 18.2 Å². The Morgan fingerprint density at radius 1 is 1.18 bits per heavy atom. The van der Waals surface area contributed by atoms with Crippen LogP contribution in [0.5, 0.6) is 0 Å². The summed E-state index contributed by atoms with van der Waals surface area (Å²) in [6, 6.07) is 6.35. The third kappa shape index (κ3) is 3.93. The number of rotatable bonds is 9. The van der Waals surface area contributed by atoms with Crippen LogP contribution in [0.2, 0.25) is 0 Å². The van der Waals surface area contributed by atoms with Gasteiger partial charge in [-0.25, -0.2) is 4.98 Å². The smallest absolute Gasteiger partial charge is 0.358 e. The molecule has 0 aliphatic carbocycles. The van der Waals surface area contributed by atoms with E-state index in [1.807, 2.05) is 25.6 Å². The molecule has 0 radical (unpaired) electrons. The molecule has 0 aliphatic heterocycles. The van der Waals surface area contributed by atoms with Gasteiger partial charge in [-0.05, 0) is 39.0 Å². The first-order valence-corrected chi connectivity index (χ1v) is 10.7. The molecule has 6 heteroatoms. The van der Waals surface area contributed by atoms with Gasteiger partial charge in [0, 0.05) is 18.4 Å². The Hall–Kier alpha value is -0.823. The van der Waals surface area contributed by atoms with Crippen LogP contribution in [0.25, 0.3) is 11.0 Å². The van der Waals surface area contributed by atoms with Crippen LogP contribution in [-0.4, -0.2) is 37.8 Å². The summed E-state index contributed by atoms with van der Waals surface area (Å²) in [4.78, 5) is 4.80. The van der Waals surface area contributed by atoms with Gasteiger partial charge < -0.3 is 13.4 Å². The Kier molecular flexibility index (Phi) is 6.95. The minimum Gasteiger partial charge on any atom is -0.394 e. The second-order valence-corrected chi connectivity index (χ2v) is 8.11. The van der Waals surface area contributed by atoms with E-state index < -0.39 is 9.28 Å². The zero-order chi connectivity index (χ0) is 15.9. The third-order valence-electron chi connectivity index (χ3n) is 3.46. The molecular formula is C16H26N2O2SSi. The fourth-order valence-corrected chi connectivity index (χ4v) is 5.16. The van der Waals surface area contributed by atoms with E-state index in [1.54, 1.807) is 0 Å². The number of hydrogen-bond donors (Lipinski definition) is 0. The highest BCUT2D eigenvalue weighted by Gasteiger charge is 2.21. The van der Waals surface area contributed by atoms with E-state index in [0.29, 0.717) is 13.2 Å². The van der Waals surface area contributed by atoms with Crippen molar-refractivity contribution in [2.75, 3.05) is 19.0 Å². The van der Waals surface area contributed by atoms with Crippen LogP contribution in [0.4, 0.5) is 0 Å². The molecule has 4 nitrogen and oxygen atoms in total. The second kappa shape index (κ2) is 8.72. The number of fused-ring (bicyclic) bond motifs is 1. The number of imidazole rings is 1. The average molecular weight is 339 g/mol. The molecule has 0 bridgehead atoms. The van der Waals surface area contributed by atoms with Crippen molar-refractivity contribution >= 4 is 37.3 Å². The molecule has 2 rings (SSSR count). The number of aromatic nitrogens is 2. The number of para-hydroxylation sites is 1. The minimum absolute atomic E-state index is 0.680. The van der Waals surface area contributed by atoms with Crippen molar-refractivity contribution in [2.24, 2.45) is 0 Å². The van der Waals surface area contributed by atoms with Gasteiger partial charge in [0.05, 0.1) is 16.9 Å². The summed E-state index contributed by atoms with van der Waals surface area (Å²) in [5, 5.41) is 1.16. The van der Waals surface area contributed by atoms with Crippen molar-refractivity contribution in [1.82, 2.24) is 9.55 Å². The molecule has 0 saturated carbocycles. The Bertz CT molecular complexity index is 597. The molecule has 1 aromatic heterocycles. The summed E-state index contributed by atoms with van der Waals surface area (Å²) in [6.07, 6.45) is 1.20. The molecule has 0 fully saturated rings. The molecular weight excluding hydrogens is 312 g/mol. The lowest BCUT2D eigenvalue weighted by atomic mass is 10.3. The zero-order valence-corrected chi connectivity index (χ0v) is 15.9. The molecule has 0 spiro atoms. The lowest BCUT2D eigenvalue weighted by Gasteiger charge is -2.15. The van der Waals surface area contributed by atoms with E-state index in [9.17, 15) is 0 Å². The normalized spacial score (nSPS) is 11.7. The molecule has 0 unspecified atom stereocenters. The van der Waals surface area contributed by atoms with E-state index in [2.05, 4.69) is 36.6 Å². The van der Waals surface area contributed by atoms with Crippen molar-refractivity contribution in [2.45, 2.75) is 40.0 Å². The standard InChI is InChI=1S/C16H26N2O2SSi/c1-5-11-21-12-18-13(4)17-16-14(18)9-8-10-15(16)22(19-6-2)20-7-3/h8-10,22H,5-7,11-12H2,1-4H3. The van der Waals surface area contributed by atoms with Crippen LogP contribution in [0, 0.1) is 6.92 Å². The molecule has 0 amide bonds. The van der Waals surface area contributed by atoms with E-state index >= 15 is 0 Å². The maximum absolute atomic E-state index is 5.89. The van der Waals surface area contributed by atoms with Crippen molar-refractivity contribution in [3.8, 4) is 0 Å². The third-order valence-corrected chi connectivity index (χ3v) is 6.84. The van der Waals surface area contributed by atoms with Gasteiger partial charge in [0.1, 0.15) is 5.82 Å². The number of nitrogens with zero attached hydrogens (tertiary/aromatic N) is 2. The quantitative estimate of drug-likeness (QED) is 0.520. The summed E-state index contributed by atoms with van der Waals surface area (Å²) >= 11 is 1.95. The Labute approximate surface area is 139 Å². The predicted molar refractivity (Wildman–Crippen MR) is 97.3 cm³/mol. The van der Waals surface area contributed by atoms with Crippen molar-refractivity contribution in [1.29, 1.82) is 0 Å². The molecule has 0 atom stereocenters. The maximum atomic E-state index is 5.89. The highest BCUT2D eigenvalue weighted by molar-refractivity contribution is 7.98. The van der Waals surface area contributed by atoms with Gasteiger partial charge in [-0.15, -0.1) is 11.8 Å². The minimum atomic E-state index is -1.87. The fourth-order valence-electron chi connectivity index (χ4n) is 2.47. The second-order valence-electron chi connectivity index (χ2n) is 5.08. The van der Waals surface area contributed by atoms with E-state index in [1.165, 1.54) is 17.7 Å². The van der Waals surface area contributed by atoms with Gasteiger partial charge in [-0.2, -0.15) is 0 Å². The van der Waals surface area contributed by atoms with Crippen molar-refractivity contribution < 1.29 is 8.85 Å². The lowest BCUT2D eigenvalue weighted by Crippen LogP contribution is -2.37. The van der Waals surface area contributed by atoms with Gasteiger partial charge in [0.2, 0.25) is 0 Å². The highest BCUT2D eigenvalue weighted by atomic mass is 32.2. The van der Waals surface area contributed by atoms with Gasteiger partial charge in [0.25, 0.3) is 0 Å². The Morgan fingerprint density at radius 2 is 1.91 bits per heavy atom. The van der Waals surface area contributed by atoms with Crippen LogP contribution < -0.4 is 5.19 Å². The number of thioether (sulfide) groups is 1. The van der Waals surface area contributed by atoms with Gasteiger partial charge in [-0.3, -0.25) is 0 Å². The van der Waals surface area contributed by atoms with E-state index in [0.717, 1.165) is 22.4 Å². The largest absolute Gasteiger partial charge is 0.394 e. The summed E-state index contributed by atoms with van der Waals surface area (Å²) in [5.74, 6) is 3.19. The molecule has 1 aromatic carbocycles. The Morgan fingerprint density at radius 3 is 2.55 bits per heavy atom. The predicted octanol–water partition coefficient (Wildman–Crippen LogP) is 2.95. The van der Waals surface area contributed by atoms with Crippen LogP contribution >= 0.6 is 11.8 Å². The van der Waals surface area contributed by atoms with E-state index in [-0.39, 0.29) is 0 Å². The van der Waals surface area contributed by atoms with Crippen molar-refractivity contribution in [3.05, 3.63) is 24.0 Å². The summed E-state index contributed by atoms with van der Waals surface area (Å²) in [5.41, 5.74) is 2.24. The molecule has 0 N–H and O–H groups in total. The first kappa shape index (κ1) is 17.5. The van der Waals surface area contributed by atoms with Gasteiger partial charge in [0.15, 0.2) is 0 Å². The Balaban J connectivity index is 2.38. The van der Waals surface area contributed by atoms with Crippen molar-refractivity contribution in [3.63, 3.8) is 0 Å². The number of aryl methyl sites for hydroxylation is 1. The molecule has 22 heavy (non-hydrogen) atoms. The first-order chi connectivity index (χ1) is 10.7. The van der Waals surface area contributed by atoms with Crippen LogP contribution in [-0.2, 0) is 14.7 Å². The number of hydrogen-bond acceptors (Lipinski definition) is 4. The molecule has 2 aromatic rings. The first-order valence-electron chi connectivity index (χ1n) is 7.99. The van der Waals surface area contributed by atoms with Gasteiger partial charge >= 0.3 is 9.28 Å². The fraction of sp³-hybridized carbons (Fsp3) is 0.562. The number of benzene rings is 1. The average Bonchev–Trinajstić information content (AvgIpc) is 2.83. The molecule has 0 saturated heterocycles. The van der Waals surface area contributed by atoms with E-state index in [4.69, 9.17) is 13.8 Å². The highest BCUT2D eigenvalue weighted by Crippen LogP contribution is 2.19. The van der Waals surface area contributed by atoms with Crippen LogP contribution in [0.1, 0.15) is 33.0 Å². The summed E-state index contributed by atoms with van der Waals surface area (Å²) < 4.78 is 14.1. The zero-order valence-electron chi connectivity index (χ0n) is 14.0. The molecule has 122 valence electrons. The SMILES string of the molecule is CCCSCn1c(C)nc2c([SiH](OCC)OCC)cccc21. The monoisotopic (exact) mass is 338 g/mol. The summed E-state index contributed by atoms with van der Waals surface area (Å²) in [6.45, 7) is 9.69. The summed E-state index contributed by atoms with van der Waals surface area (Å²) in [7, 11) is -1.87. The topological polar surface area (TPSA) is 36.3 Å². The molecule has 1 heterocycles. The van der Waals surface area contributed by atoms with Crippen LogP contribution in [0.3, 0.4) is 0 Å². The maximum Gasteiger partial charge on any atom is 0.358 e. The lowest BCUT2D eigenvalue weighted by molar-refractivity contribution is 0.225. The van der Waals surface area contributed by atoms with Gasteiger partial charge in [-0.1, -0.05) is 19.1 Å². The molecule has 0 aliphatic rings.